The molecule has 0 aromatic heterocycles. The van der Waals surface area contributed by atoms with Crippen molar-refractivity contribution in [2.45, 2.75) is 0 Å². The predicted octanol–water partition coefficient (Wildman–Crippen LogP) is 3.56. The fourth-order valence-electron chi connectivity index (χ4n) is 2.37. The van der Waals surface area contributed by atoms with Gasteiger partial charge in [0.05, 0.1) is 18.7 Å². The maximum Gasteiger partial charge on any atom is 0.414 e. The number of rotatable bonds is 4. The first-order valence-electron chi connectivity index (χ1n) is 7.28. The zero-order valence-electron chi connectivity index (χ0n) is 12.9. The first-order chi connectivity index (χ1) is 11.6. The van der Waals surface area contributed by atoms with Crippen molar-refractivity contribution in [1.29, 1.82) is 0 Å². The van der Waals surface area contributed by atoms with Crippen LogP contribution in [0.25, 0.3) is 0 Å². The summed E-state index contributed by atoms with van der Waals surface area (Å²) in [7, 11) is 1.52. The third kappa shape index (κ3) is 3.28. The summed E-state index contributed by atoms with van der Waals surface area (Å²) in [5.74, 6) is 0.267. The Balaban J connectivity index is 1.71. The highest BCUT2D eigenvalue weighted by atomic mass is 35.5. The second-order valence-electron chi connectivity index (χ2n) is 5.12. The minimum Gasteiger partial charge on any atom is -0.495 e. The summed E-state index contributed by atoms with van der Waals surface area (Å²) in [5, 5.41) is 3.18. The zero-order valence-corrected chi connectivity index (χ0v) is 13.7. The third-order valence-corrected chi connectivity index (χ3v) is 3.91. The molecule has 2 aromatic rings. The number of hydrogen-bond donors (Lipinski definition) is 1. The van der Waals surface area contributed by atoms with Crippen molar-refractivity contribution in [2.75, 3.05) is 30.5 Å². The van der Waals surface area contributed by atoms with Gasteiger partial charge in [0.2, 0.25) is 0 Å². The Bertz CT molecular complexity index is 777. The van der Waals surface area contributed by atoms with Gasteiger partial charge in [-0.15, -0.1) is 0 Å². The number of nitrogens with one attached hydrogen (secondary N) is 1. The number of cyclic esters (lactones) is 1. The Hall–Kier alpha value is -2.73. The molecule has 1 fully saturated rings. The van der Waals surface area contributed by atoms with Gasteiger partial charge >= 0.3 is 6.09 Å². The van der Waals surface area contributed by atoms with Crippen molar-refractivity contribution >= 4 is 35.0 Å². The lowest BCUT2D eigenvalue weighted by Gasteiger charge is -2.13. The normalized spacial score (nSPS) is 13.6. The molecular formula is C17H15ClN2O4. The Morgan fingerprint density at radius 1 is 1.25 bits per heavy atom. The van der Waals surface area contributed by atoms with Gasteiger partial charge in [-0.05, 0) is 42.5 Å². The van der Waals surface area contributed by atoms with Crippen LogP contribution in [0.4, 0.5) is 16.2 Å². The summed E-state index contributed by atoms with van der Waals surface area (Å²) in [6.07, 6.45) is -0.375. The Morgan fingerprint density at radius 3 is 2.58 bits per heavy atom. The van der Waals surface area contributed by atoms with Crippen molar-refractivity contribution in [3.8, 4) is 5.75 Å². The molecule has 0 aliphatic carbocycles. The number of halogens is 1. The highest BCUT2D eigenvalue weighted by Gasteiger charge is 2.23. The number of ether oxygens (including phenoxy) is 2. The smallest absolute Gasteiger partial charge is 0.414 e. The summed E-state index contributed by atoms with van der Waals surface area (Å²) in [6.45, 7) is 0.883. The molecule has 124 valence electrons. The lowest BCUT2D eigenvalue weighted by molar-refractivity contribution is 0.102. The molecule has 7 heteroatoms. The van der Waals surface area contributed by atoms with E-state index in [1.807, 2.05) is 0 Å². The van der Waals surface area contributed by atoms with Crippen LogP contribution in [0.5, 0.6) is 5.75 Å². The summed E-state index contributed by atoms with van der Waals surface area (Å²) >= 11 is 6.04. The monoisotopic (exact) mass is 346 g/mol. The molecule has 2 amide bonds. The average molecular weight is 347 g/mol. The highest BCUT2D eigenvalue weighted by molar-refractivity contribution is 6.32. The number of methoxy groups -OCH3 is 1. The lowest BCUT2D eigenvalue weighted by atomic mass is 10.1. The highest BCUT2D eigenvalue weighted by Crippen LogP contribution is 2.27. The second-order valence-corrected chi connectivity index (χ2v) is 5.52. The van der Waals surface area contributed by atoms with Gasteiger partial charge in [-0.3, -0.25) is 9.69 Å². The van der Waals surface area contributed by atoms with Gasteiger partial charge in [0.1, 0.15) is 12.4 Å². The third-order valence-electron chi connectivity index (χ3n) is 3.61. The molecule has 1 heterocycles. The van der Waals surface area contributed by atoms with Crippen LogP contribution in [-0.4, -0.2) is 32.3 Å². The molecule has 24 heavy (non-hydrogen) atoms. The van der Waals surface area contributed by atoms with E-state index in [0.717, 1.165) is 0 Å². The number of amides is 2. The fraction of sp³-hybridized carbons (Fsp3) is 0.176. The summed E-state index contributed by atoms with van der Waals surface area (Å²) in [4.78, 5) is 25.3. The quantitative estimate of drug-likeness (QED) is 0.919. The number of benzene rings is 2. The maximum absolute atomic E-state index is 12.3. The molecule has 3 rings (SSSR count). The van der Waals surface area contributed by atoms with Crippen LogP contribution in [0.15, 0.2) is 42.5 Å². The minimum absolute atomic E-state index is 0.271. The first kappa shape index (κ1) is 16.1. The zero-order chi connectivity index (χ0) is 17.1. The standard InChI is InChI=1S/C17H15ClN2O4/c1-23-15-7-4-12(10-14(15)18)19-16(21)11-2-5-13(6-3-11)20-8-9-24-17(20)22/h2-7,10H,8-9H2,1H3,(H,19,21). The van der Waals surface area contributed by atoms with Crippen LogP contribution < -0.4 is 15.0 Å². The molecule has 1 aliphatic heterocycles. The summed E-state index contributed by atoms with van der Waals surface area (Å²) in [5.41, 5.74) is 1.73. The molecule has 1 saturated heterocycles. The largest absolute Gasteiger partial charge is 0.495 e. The van der Waals surface area contributed by atoms with Gasteiger partial charge in [-0.2, -0.15) is 0 Å². The van der Waals surface area contributed by atoms with E-state index in [4.69, 9.17) is 21.1 Å². The predicted molar refractivity (Wildman–Crippen MR) is 91.1 cm³/mol. The molecule has 0 spiro atoms. The van der Waals surface area contributed by atoms with Crippen molar-refractivity contribution in [3.05, 3.63) is 53.1 Å². The number of carbonyl (C=O) groups excluding carboxylic acids is 2. The molecule has 1 N–H and O–H groups in total. The minimum atomic E-state index is -0.375. The van der Waals surface area contributed by atoms with E-state index in [-0.39, 0.29) is 12.0 Å². The van der Waals surface area contributed by atoms with Crippen molar-refractivity contribution in [2.24, 2.45) is 0 Å². The van der Waals surface area contributed by atoms with E-state index in [1.54, 1.807) is 42.5 Å². The van der Waals surface area contributed by atoms with Gasteiger partial charge < -0.3 is 14.8 Å². The average Bonchev–Trinajstić information content (AvgIpc) is 3.01. The molecule has 1 aliphatic rings. The van der Waals surface area contributed by atoms with Crippen LogP contribution >= 0.6 is 11.6 Å². The Labute approximate surface area is 143 Å². The van der Waals surface area contributed by atoms with Crippen molar-refractivity contribution in [1.82, 2.24) is 0 Å². The van der Waals surface area contributed by atoms with E-state index in [2.05, 4.69) is 5.32 Å². The van der Waals surface area contributed by atoms with Gasteiger partial charge in [0.25, 0.3) is 5.91 Å². The number of anilines is 2. The number of hydrogen-bond acceptors (Lipinski definition) is 4. The van der Waals surface area contributed by atoms with E-state index >= 15 is 0 Å². The molecule has 0 radical (unpaired) electrons. The molecule has 0 atom stereocenters. The number of nitrogens with zero attached hydrogens (tertiary/aromatic N) is 1. The fourth-order valence-corrected chi connectivity index (χ4v) is 2.63. The Morgan fingerprint density at radius 2 is 2.00 bits per heavy atom. The summed E-state index contributed by atoms with van der Waals surface area (Å²) < 4.78 is 9.96. The van der Waals surface area contributed by atoms with Gasteiger partial charge in [-0.25, -0.2) is 4.79 Å². The second kappa shape index (κ2) is 6.80. The van der Waals surface area contributed by atoms with Crippen LogP contribution in [0.1, 0.15) is 10.4 Å². The topological polar surface area (TPSA) is 67.9 Å². The van der Waals surface area contributed by atoms with Crippen LogP contribution in [0, 0.1) is 0 Å². The van der Waals surface area contributed by atoms with Gasteiger partial charge in [0.15, 0.2) is 0 Å². The van der Waals surface area contributed by atoms with Crippen molar-refractivity contribution < 1.29 is 19.1 Å². The van der Waals surface area contributed by atoms with Crippen molar-refractivity contribution in [3.63, 3.8) is 0 Å². The first-order valence-corrected chi connectivity index (χ1v) is 7.65. The molecule has 0 saturated carbocycles. The van der Waals surface area contributed by atoms with E-state index in [1.165, 1.54) is 12.0 Å². The Kier molecular flexibility index (Phi) is 4.57. The molecule has 0 bridgehead atoms. The summed E-state index contributed by atoms with van der Waals surface area (Å²) in [6, 6.07) is 11.7. The lowest BCUT2D eigenvalue weighted by Crippen LogP contribution is -2.23. The van der Waals surface area contributed by atoms with Crippen LogP contribution in [-0.2, 0) is 4.74 Å². The van der Waals surface area contributed by atoms with Gasteiger partial charge in [0, 0.05) is 16.9 Å². The maximum atomic E-state index is 12.3. The molecule has 0 unspecified atom stereocenters. The van der Waals surface area contributed by atoms with Crippen LogP contribution in [0.3, 0.4) is 0 Å². The van der Waals surface area contributed by atoms with E-state index in [0.29, 0.717) is 40.9 Å². The van der Waals surface area contributed by atoms with Crippen LogP contribution in [0.2, 0.25) is 5.02 Å². The SMILES string of the molecule is COc1ccc(NC(=O)c2ccc(N3CCOC3=O)cc2)cc1Cl. The molecular weight excluding hydrogens is 332 g/mol. The van der Waals surface area contributed by atoms with Gasteiger partial charge in [-0.1, -0.05) is 11.6 Å². The van der Waals surface area contributed by atoms with E-state index in [9.17, 15) is 9.59 Å². The number of carbonyl (C=O) groups is 2. The molecule has 6 nitrogen and oxygen atoms in total. The van der Waals surface area contributed by atoms with E-state index < -0.39 is 0 Å². The molecule has 2 aromatic carbocycles.